The molecule has 1 aromatic heterocycles. The molecule has 2 aliphatic heterocycles. The Bertz CT molecular complexity index is 933. The van der Waals surface area contributed by atoms with Gasteiger partial charge in [0.05, 0.1) is 25.5 Å². The van der Waals surface area contributed by atoms with E-state index in [4.69, 9.17) is 13.9 Å². The Hall–Kier alpha value is -2.96. The fraction of sp³-hybridized carbons (Fsp3) is 0.455. The average molecular weight is 396 g/mol. The van der Waals surface area contributed by atoms with Crippen LogP contribution in [0.5, 0.6) is 11.5 Å². The van der Waals surface area contributed by atoms with Crippen molar-refractivity contribution >= 4 is 11.8 Å². The van der Waals surface area contributed by atoms with Crippen molar-refractivity contribution in [2.75, 3.05) is 39.9 Å². The summed E-state index contributed by atoms with van der Waals surface area (Å²) in [5, 5.41) is 0. The van der Waals surface area contributed by atoms with E-state index < -0.39 is 0 Å². The maximum Gasteiger partial charge on any atom is 0.257 e. The maximum absolute atomic E-state index is 13.2. The van der Waals surface area contributed by atoms with Gasteiger partial charge in [-0.3, -0.25) is 9.59 Å². The van der Waals surface area contributed by atoms with Gasteiger partial charge < -0.3 is 23.7 Å². The molecule has 152 valence electrons. The standard InChI is InChI=1S/C22H24N2O5/c1-27-16-2-3-19-17(12-16)22(5-11-29-19)13-18(22)21(26)24-8-6-23(7-9-24)20(25)15-4-10-28-14-15/h2-4,10,12,14,18H,5-9,11,13H2,1H3/t18-,22-/m1/s1. The number of amides is 2. The third kappa shape index (κ3) is 2.96. The van der Waals surface area contributed by atoms with Gasteiger partial charge in [-0.05, 0) is 37.1 Å². The molecule has 1 aromatic carbocycles. The molecule has 0 bridgehead atoms. The zero-order valence-electron chi connectivity index (χ0n) is 16.4. The smallest absolute Gasteiger partial charge is 0.257 e. The lowest BCUT2D eigenvalue weighted by atomic mass is 9.87. The second kappa shape index (κ2) is 6.83. The minimum absolute atomic E-state index is 0.0200. The lowest BCUT2D eigenvalue weighted by molar-refractivity contribution is -0.134. The molecule has 2 fully saturated rings. The number of benzene rings is 1. The zero-order chi connectivity index (χ0) is 20.0. The van der Waals surface area contributed by atoms with Crippen molar-refractivity contribution < 1.29 is 23.5 Å². The molecule has 2 atom stereocenters. The van der Waals surface area contributed by atoms with Crippen LogP contribution < -0.4 is 9.47 Å². The van der Waals surface area contributed by atoms with E-state index in [2.05, 4.69) is 0 Å². The lowest BCUT2D eigenvalue weighted by Gasteiger charge is -2.35. The van der Waals surface area contributed by atoms with E-state index in [9.17, 15) is 9.59 Å². The monoisotopic (exact) mass is 396 g/mol. The molecule has 7 nitrogen and oxygen atoms in total. The molecular formula is C22H24N2O5. The van der Waals surface area contributed by atoms with Crippen LogP contribution in [-0.2, 0) is 10.2 Å². The number of carbonyl (C=O) groups excluding carboxylic acids is 2. The molecule has 2 amide bonds. The molecule has 1 saturated carbocycles. The van der Waals surface area contributed by atoms with Crippen LogP contribution >= 0.6 is 0 Å². The van der Waals surface area contributed by atoms with E-state index >= 15 is 0 Å². The number of nitrogens with zero attached hydrogens (tertiary/aromatic N) is 2. The third-order valence-corrected chi connectivity index (χ3v) is 6.55. The van der Waals surface area contributed by atoms with Crippen molar-refractivity contribution in [3.8, 4) is 11.5 Å². The predicted octanol–water partition coefficient (Wildman–Crippen LogP) is 2.31. The molecule has 5 rings (SSSR count). The highest BCUT2D eigenvalue weighted by molar-refractivity contribution is 5.94. The minimum atomic E-state index is -0.136. The number of piperazine rings is 1. The summed E-state index contributed by atoms with van der Waals surface area (Å²) >= 11 is 0. The molecule has 3 heterocycles. The van der Waals surface area contributed by atoms with Crippen molar-refractivity contribution in [1.29, 1.82) is 0 Å². The number of methoxy groups -OCH3 is 1. The van der Waals surface area contributed by atoms with E-state index in [-0.39, 0.29) is 23.1 Å². The molecule has 7 heteroatoms. The number of furan rings is 1. The van der Waals surface area contributed by atoms with E-state index in [1.54, 1.807) is 18.1 Å². The SMILES string of the molecule is COc1ccc2c(c1)[C@@]1(CCO2)C[C@@H]1C(=O)N1CCN(C(=O)c2ccoc2)CC1. The third-order valence-electron chi connectivity index (χ3n) is 6.55. The first kappa shape index (κ1) is 18.1. The highest BCUT2D eigenvalue weighted by Gasteiger charge is 2.62. The highest BCUT2D eigenvalue weighted by Crippen LogP contribution is 2.61. The number of hydrogen-bond acceptors (Lipinski definition) is 5. The summed E-state index contributed by atoms with van der Waals surface area (Å²) < 4.78 is 16.2. The van der Waals surface area contributed by atoms with Gasteiger partial charge >= 0.3 is 0 Å². The Balaban J connectivity index is 1.27. The summed E-state index contributed by atoms with van der Waals surface area (Å²) in [7, 11) is 1.65. The lowest BCUT2D eigenvalue weighted by Crippen LogP contribution is -2.51. The van der Waals surface area contributed by atoms with Crippen molar-refractivity contribution in [3.63, 3.8) is 0 Å². The molecule has 0 unspecified atom stereocenters. The van der Waals surface area contributed by atoms with Crippen molar-refractivity contribution in [3.05, 3.63) is 47.9 Å². The number of fused-ring (bicyclic) bond motifs is 2. The van der Waals surface area contributed by atoms with Crippen LogP contribution in [0.2, 0.25) is 0 Å². The minimum Gasteiger partial charge on any atom is -0.497 e. The number of ether oxygens (including phenoxy) is 2. The summed E-state index contributed by atoms with van der Waals surface area (Å²) in [5.41, 5.74) is 1.51. The second-order valence-electron chi connectivity index (χ2n) is 8.00. The quantitative estimate of drug-likeness (QED) is 0.796. The van der Waals surface area contributed by atoms with Crippen molar-refractivity contribution in [2.45, 2.75) is 18.3 Å². The van der Waals surface area contributed by atoms with Gasteiger partial charge in [-0.15, -0.1) is 0 Å². The fourth-order valence-corrected chi connectivity index (χ4v) is 4.75. The van der Waals surface area contributed by atoms with Gasteiger partial charge in [0.1, 0.15) is 17.8 Å². The number of carbonyl (C=O) groups is 2. The number of hydrogen-bond donors (Lipinski definition) is 0. The van der Waals surface area contributed by atoms with E-state index in [0.29, 0.717) is 38.3 Å². The average Bonchev–Trinajstić information content (AvgIpc) is 3.21. The first-order valence-corrected chi connectivity index (χ1v) is 10.0. The molecular weight excluding hydrogens is 372 g/mol. The van der Waals surface area contributed by atoms with Crippen LogP contribution in [0.3, 0.4) is 0 Å². The first-order chi connectivity index (χ1) is 14.1. The normalized spacial score (nSPS) is 25.3. The van der Waals surface area contributed by atoms with Gasteiger partial charge in [0, 0.05) is 43.1 Å². The molecule has 0 radical (unpaired) electrons. The van der Waals surface area contributed by atoms with Gasteiger partial charge in [-0.1, -0.05) is 0 Å². The van der Waals surface area contributed by atoms with Gasteiger partial charge in [0.15, 0.2) is 0 Å². The van der Waals surface area contributed by atoms with Crippen molar-refractivity contribution in [1.82, 2.24) is 9.80 Å². The van der Waals surface area contributed by atoms with Crippen LogP contribution in [0.1, 0.15) is 28.8 Å². The molecule has 1 spiro atoms. The molecule has 3 aliphatic rings. The van der Waals surface area contributed by atoms with E-state index in [1.807, 2.05) is 23.1 Å². The largest absolute Gasteiger partial charge is 0.497 e. The van der Waals surface area contributed by atoms with Gasteiger partial charge in [-0.25, -0.2) is 0 Å². The molecule has 29 heavy (non-hydrogen) atoms. The topological polar surface area (TPSA) is 72.2 Å². The summed E-state index contributed by atoms with van der Waals surface area (Å²) in [4.78, 5) is 29.4. The van der Waals surface area contributed by atoms with Crippen LogP contribution in [0.25, 0.3) is 0 Å². The van der Waals surface area contributed by atoms with Gasteiger partial charge in [0.2, 0.25) is 5.91 Å². The van der Waals surface area contributed by atoms with Gasteiger partial charge in [-0.2, -0.15) is 0 Å². The van der Waals surface area contributed by atoms with Crippen LogP contribution in [0.15, 0.2) is 41.2 Å². The van der Waals surface area contributed by atoms with Crippen molar-refractivity contribution in [2.24, 2.45) is 5.92 Å². The van der Waals surface area contributed by atoms with Crippen LogP contribution in [-0.4, -0.2) is 61.5 Å². The highest BCUT2D eigenvalue weighted by atomic mass is 16.5. The van der Waals surface area contributed by atoms with Gasteiger partial charge in [0.25, 0.3) is 5.91 Å². The Morgan fingerprint density at radius 1 is 1.14 bits per heavy atom. The molecule has 1 aliphatic carbocycles. The maximum atomic E-state index is 13.2. The number of rotatable bonds is 3. The second-order valence-corrected chi connectivity index (χ2v) is 8.00. The van der Waals surface area contributed by atoms with Crippen LogP contribution in [0.4, 0.5) is 0 Å². The summed E-state index contributed by atoms with van der Waals surface area (Å²) in [6, 6.07) is 7.52. The van der Waals surface area contributed by atoms with E-state index in [0.717, 1.165) is 29.9 Å². The summed E-state index contributed by atoms with van der Waals surface area (Å²) in [6.07, 6.45) is 4.66. The molecule has 2 aromatic rings. The Kier molecular flexibility index (Phi) is 4.26. The Morgan fingerprint density at radius 3 is 2.66 bits per heavy atom. The molecule has 0 N–H and O–H groups in total. The predicted molar refractivity (Wildman–Crippen MR) is 104 cm³/mol. The Labute approximate surface area is 169 Å². The van der Waals surface area contributed by atoms with E-state index in [1.165, 1.54) is 12.5 Å². The zero-order valence-corrected chi connectivity index (χ0v) is 16.4. The fourth-order valence-electron chi connectivity index (χ4n) is 4.75. The molecule has 1 saturated heterocycles. The summed E-state index contributed by atoms with van der Waals surface area (Å²) in [5.74, 6) is 1.78. The summed E-state index contributed by atoms with van der Waals surface area (Å²) in [6.45, 7) is 2.86. The van der Waals surface area contributed by atoms with Crippen LogP contribution in [0, 0.1) is 5.92 Å². The Morgan fingerprint density at radius 2 is 1.93 bits per heavy atom. The first-order valence-electron chi connectivity index (χ1n) is 10.0.